The van der Waals surface area contributed by atoms with Crippen molar-refractivity contribution < 1.29 is 9.59 Å². The zero-order valence-corrected chi connectivity index (χ0v) is 19.4. The van der Waals surface area contributed by atoms with Crippen molar-refractivity contribution in [3.05, 3.63) is 24.3 Å². The van der Waals surface area contributed by atoms with Gasteiger partial charge >= 0.3 is 0 Å². The highest BCUT2D eigenvalue weighted by atomic mass is 35.5. The first kappa shape index (κ1) is 26.5. The van der Waals surface area contributed by atoms with Crippen molar-refractivity contribution >= 4 is 48.0 Å². The highest BCUT2D eigenvalue weighted by Crippen LogP contribution is 2.25. The Labute approximate surface area is 192 Å². The third-order valence-electron chi connectivity index (χ3n) is 5.91. The minimum absolute atomic E-state index is 0. The lowest BCUT2D eigenvalue weighted by molar-refractivity contribution is -0.129. The molecule has 1 aromatic carbocycles. The van der Waals surface area contributed by atoms with E-state index in [1.54, 1.807) is 0 Å². The number of nitrogens with one attached hydrogen (secondary N) is 2. The number of hydrogen-bond donors (Lipinski definition) is 3. The van der Waals surface area contributed by atoms with Crippen LogP contribution in [0, 0.1) is 5.92 Å². The molecule has 0 radical (unpaired) electrons. The van der Waals surface area contributed by atoms with Crippen molar-refractivity contribution in [2.24, 2.45) is 11.7 Å². The van der Waals surface area contributed by atoms with Gasteiger partial charge in [-0.3, -0.25) is 9.59 Å². The molecule has 2 fully saturated rings. The van der Waals surface area contributed by atoms with Crippen LogP contribution in [0.4, 0.5) is 11.4 Å². The molecule has 4 N–H and O–H groups in total. The quantitative estimate of drug-likeness (QED) is 0.551. The molecule has 3 unspecified atom stereocenters. The van der Waals surface area contributed by atoms with Crippen molar-refractivity contribution in [3.63, 3.8) is 0 Å². The summed E-state index contributed by atoms with van der Waals surface area (Å²) in [6.07, 6.45) is 7.37. The molecule has 1 aliphatic carbocycles. The third kappa shape index (κ3) is 7.33. The van der Waals surface area contributed by atoms with Crippen molar-refractivity contribution in [1.29, 1.82) is 0 Å². The smallest absolute Gasteiger partial charge is 0.246 e. The van der Waals surface area contributed by atoms with Gasteiger partial charge < -0.3 is 21.3 Å². The molecule has 0 bridgehead atoms. The number of unbranched alkanes of at least 4 members (excludes halogenated alkanes) is 1. The predicted octanol–water partition coefficient (Wildman–Crippen LogP) is 3.87. The van der Waals surface area contributed by atoms with E-state index >= 15 is 0 Å². The summed E-state index contributed by atoms with van der Waals surface area (Å²) >= 11 is 0. The summed E-state index contributed by atoms with van der Waals surface area (Å²) in [5.41, 5.74) is 7.87. The molecule has 3 atom stereocenters. The monoisotopic (exact) mass is 458 g/mol. The van der Waals surface area contributed by atoms with Crippen LogP contribution in [-0.4, -0.2) is 37.0 Å². The molecule has 170 valence electrons. The molecular formula is C22H36Cl2N4O2. The maximum atomic E-state index is 12.9. The van der Waals surface area contributed by atoms with E-state index in [4.69, 9.17) is 5.73 Å². The molecule has 30 heavy (non-hydrogen) atoms. The van der Waals surface area contributed by atoms with Gasteiger partial charge in [0.1, 0.15) is 6.04 Å². The number of anilines is 2. The largest absolute Gasteiger partial charge is 0.371 e. The molecule has 0 spiro atoms. The van der Waals surface area contributed by atoms with E-state index < -0.39 is 6.04 Å². The van der Waals surface area contributed by atoms with Crippen LogP contribution in [0.1, 0.15) is 58.3 Å². The van der Waals surface area contributed by atoms with E-state index in [0.717, 1.165) is 50.1 Å². The molecule has 3 rings (SSSR count). The van der Waals surface area contributed by atoms with Crippen LogP contribution < -0.4 is 21.3 Å². The third-order valence-corrected chi connectivity index (χ3v) is 5.91. The summed E-state index contributed by atoms with van der Waals surface area (Å²) in [4.78, 5) is 27.8. The second kappa shape index (κ2) is 13.0. The summed E-state index contributed by atoms with van der Waals surface area (Å²) in [5.74, 6) is -0.233. The van der Waals surface area contributed by atoms with Crippen LogP contribution >= 0.6 is 24.8 Å². The molecule has 1 aliphatic heterocycles. The summed E-state index contributed by atoms with van der Waals surface area (Å²) < 4.78 is 0. The molecule has 0 aromatic heterocycles. The van der Waals surface area contributed by atoms with E-state index in [0.29, 0.717) is 12.8 Å². The van der Waals surface area contributed by atoms with E-state index in [1.807, 2.05) is 18.2 Å². The van der Waals surface area contributed by atoms with Crippen LogP contribution in [0.5, 0.6) is 0 Å². The molecule has 6 nitrogen and oxygen atoms in total. The minimum Gasteiger partial charge on any atom is -0.371 e. The minimum atomic E-state index is -0.500. The number of carbonyl (C=O) groups is 2. The maximum Gasteiger partial charge on any atom is 0.246 e. The van der Waals surface area contributed by atoms with Crippen molar-refractivity contribution in [3.8, 4) is 0 Å². The van der Waals surface area contributed by atoms with Crippen molar-refractivity contribution in [1.82, 2.24) is 5.32 Å². The first-order valence-electron chi connectivity index (χ1n) is 10.8. The van der Waals surface area contributed by atoms with Crippen LogP contribution in [0.25, 0.3) is 0 Å². The standard InChI is InChI=1S/C22H34N4O2.2ClH/c1-2-3-9-20(25-21(27)16-10-11-17(23)14-16)22(28)24-18-7-6-8-19(15-18)26-12-4-5-13-26;;/h6-8,15-17,20H,2-5,9-14,23H2,1H3,(H,24,28)(H,25,27);2*1H. The maximum absolute atomic E-state index is 12.9. The van der Waals surface area contributed by atoms with Crippen LogP contribution in [-0.2, 0) is 9.59 Å². The Hall–Kier alpha value is -1.50. The lowest BCUT2D eigenvalue weighted by atomic mass is 10.0. The average molecular weight is 459 g/mol. The van der Waals surface area contributed by atoms with Crippen molar-refractivity contribution in [2.45, 2.75) is 70.4 Å². The Kier molecular flexibility index (Phi) is 11.5. The fourth-order valence-corrected chi connectivity index (χ4v) is 4.21. The lowest BCUT2D eigenvalue weighted by Gasteiger charge is -2.22. The highest BCUT2D eigenvalue weighted by Gasteiger charge is 2.30. The number of carbonyl (C=O) groups excluding carboxylic acids is 2. The number of hydrogen-bond acceptors (Lipinski definition) is 4. The number of nitrogens with two attached hydrogens (primary N) is 1. The Balaban J connectivity index is 0.00000225. The molecule has 1 saturated carbocycles. The summed E-state index contributed by atoms with van der Waals surface area (Å²) in [7, 11) is 0. The van der Waals surface area contributed by atoms with Gasteiger partial charge in [-0.2, -0.15) is 0 Å². The predicted molar refractivity (Wildman–Crippen MR) is 128 cm³/mol. The number of amides is 2. The Morgan fingerprint density at radius 2 is 1.93 bits per heavy atom. The molecule has 2 aliphatic rings. The van der Waals surface area contributed by atoms with Gasteiger partial charge in [0, 0.05) is 36.4 Å². The van der Waals surface area contributed by atoms with Crippen LogP contribution in [0.2, 0.25) is 0 Å². The van der Waals surface area contributed by atoms with Gasteiger partial charge in [0.15, 0.2) is 0 Å². The summed E-state index contributed by atoms with van der Waals surface area (Å²) in [6.45, 7) is 4.22. The average Bonchev–Trinajstić information content (AvgIpc) is 3.37. The Morgan fingerprint density at radius 1 is 1.20 bits per heavy atom. The molecule has 8 heteroatoms. The number of halogens is 2. The number of benzene rings is 1. The van der Waals surface area contributed by atoms with Gasteiger partial charge in [0.05, 0.1) is 0 Å². The normalized spacial score (nSPS) is 21.3. The van der Waals surface area contributed by atoms with Gasteiger partial charge in [-0.05, 0) is 56.7 Å². The molecule has 1 heterocycles. The lowest BCUT2D eigenvalue weighted by Crippen LogP contribution is -2.46. The summed E-state index contributed by atoms with van der Waals surface area (Å²) in [6, 6.07) is 7.60. The number of rotatable bonds is 8. The molecule has 2 amide bonds. The van der Waals surface area contributed by atoms with Gasteiger partial charge in [0.25, 0.3) is 0 Å². The van der Waals surface area contributed by atoms with Gasteiger partial charge in [0.2, 0.25) is 11.8 Å². The van der Waals surface area contributed by atoms with E-state index in [2.05, 4.69) is 28.5 Å². The first-order valence-corrected chi connectivity index (χ1v) is 10.8. The highest BCUT2D eigenvalue weighted by molar-refractivity contribution is 5.97. The van der Waals surface area contributed by atoms with Gasteiger partial charge in [-0.1, -0.05) is 25.8 Å². The van der Waals surface area contributed by atoms with Crippen molar-refractivity contribution in [2.75, 3.05) is 23.3 Å². The second-order valence-corrected chi connectivity index (χ2v) is 8.21. The van der Waals surface area contributed by atoms with Gasteiger partial charge in [-0.15, -0.1) is 24.8 Å². The zero-order chi connectivity index (χ0) is 19.9. The van der Waals surface area contributed by atoms with Crippen LogP contribution in [0.15, 0.2) is 24.3 Å². The molecular weight excluding hydrogens is 423 g/mol. The number of nitrogens with zero attached hydrogens (tertiary/aromatic N) is 1. The van der Waals surface area contributed by atoms with E-state index in [9.17, 15) is 9.59 Å². The zero-order valence-electron chi connectivity index (χ0n) is 17.8. The topological polar surface area (TPSA) is 87.5 Å². The van der Waals surface area contributed by atoms with Gasteiger partial charge in [-0.25, -0.2) is 0 Å². The Morgan fingerprint density at radius 3 is 2.57 bits per heavy atom. The second-order valence-electron chi connectivity index (χ2n) is 8.21. The van der Waals surface area contributed by atoms with E-state index in [-0.39, 0.29) is 48.6 Å². The fraction of sp³-hybridized carbons (Fsp3) is 0.636. The first-order chi connectivity index (χ1) is 13.6. The fourth-order valence-electron chi connectivity index (χ4n) is 4.21. The SMILES string of the molecule is CCCCC(NC(=O)C1CCC(N)C1)C(=O)Nc1cccc(N2CCCC2)c1.Cl.Cl. The van der Waals surface area contributed by atoms with Crippen LogP contribution in [0.3, 0.4) is 0 Å². The summed E-state index contributed by atoms with van der Waals surface area (Å²) in [5, 5.41) is 6.00. The molecule has 1 aromatic rings. The Bertz CT molecular complexity index is 683. The molecule has 1 saturated heterocycles. The van der Waals surface area contributed by atoms with E-state index in [1.165, 1.54) is 12.8 Å².